The molecule has 4 heteroatoms. The van der Waals surface area contributed by atoms with Gasteiger partial charge in [-0.15, -0.1) is 0 Å². The molecular formula is C17H30N2O2. The second kappa shape index (κ2) is 5.98. The molecule has 2 unspecified atom stereocenters. The highest BCUT2D eigenvalue weighted by molar-refractivity contribution is 5.97. The normalized spacial score (nSPS) is 28.4. The van der Waals surface area contributed by atoms with Crippen molar-refractivity contribution in [3.05, 3.63) is 0 Å². The van der Waals surface area contributed by atoms with Crippen LogP contribution in [-0.2, 0) is 9.59 Å². The van der Waals surface area contributed by atoms with Crippen molar-refractivity contribution in [1.82, 2.24) is 10.2 Å². The van der Waals surface area contributed by atoms with Crippen LogP contribution in [0, 0.1) is 11.3 Å². The number of nitrogens with zero attached hydrogens (tertiary/aromatic N) is 1. The summed E-state index contributed by atoms with van der Waals surface area (Å²) < 4.78 is 0. The van der Waals surface area contributed by atoms with Gasteiger partial charge in [-0.1, -0.05) is 47.5 Å². The van der Waals surface area contributed by atoms with Gasteiger partial charge in [0.1, 0.15) is 12.1 Å². The smallest absolute Gasteiger partial charge is 0.246 e. The molecule has 1 N–H and O–H groups in total. The zero-order valence-electron chi connectivity index (χ0n) is 14.1. The van der Waals surface area contributed by atoms with Crippen molar-refractivity contribution >= 4 is 11.8 Å². The SMILES string of the molecule is CC(C)CC1C(=O)NC(C(C)(C)C)C(=O)N1C1CCCC1. The number of rotatable bonds is 3. The molecule has 2 fully saturated rings. The maximum atomic E-state index is 13.0. The van der Waals surface area contributed by atoms with Crippen LogP contribution in [0.2, 0.25) is 0 Å². The fourth-order valence-electron chi connectivity index (χ4n) is 3.60. The van der Waals surface area contributed by atoms with Gasteiger partial charge in [-0.05, 0) is 30.6 Å². The standard InChI is InChI=1S/C17H30N2O2/c1-11(2)10-13-15(20)18-14(17(3,4)5)16(21)19(13)12-8-6-7-9-12/h11-14H,6-10H2,1-5H3,(H,18,20). The number of hydrogen-bond donors (Lipinski definition) is 1. The van der Waals surface area contributed by atoms with Gasteiger partial charge < -0.3 is 10.2 Å². The third-order valence-corrected chi connectivity index (χ3v) is 4.71. The van der Waals surface area contributed by atoms with Gasteiger partial charge in [-0.3, -0.25) is 9.59 Å². The van der Waals surface area contributed by atoms with Gasteiger partial charge in [0.15, 0.2) is 0 Å². The summed E-state index contributed by atoms with van der Waals surface area (Å²) in [6.45, 7) is 10.3. The van der Waals surface area contributed by atoms with Crippen LogP contribution in [0.15, 0.2) is 0 Å². The highest BCUT2D eigenvalue weighted by Gasteiger charge is 2.47. The molecular weight excluding hydrogens is 264 g/mol. The number of amides is 2. The summed E-state index contributed by atoms with van der Waals surface area (Å²) in [6, 6.07) is -0.412. The summed E-state index contributed by atoms with van der Waals surface area (Å²) in [5.74, 6) is 0.568. The lowest BCUT2D eigenvalue weighted by molar-refractivity contribution is -0.156. The van der Waals surface area contributed by atoms with E-state index in [4.69, 9.17) is 0 Å². The molecule has 0 aromatic carbocycles. The fraction of sp³-hybridized carbons (Fsp3) is 0.882. The predicted octanol–water partition coefficient (Wildman–Crippen LogP) is 2.72. The van der Waals surface area contributed by atoms with Crippen molar-refractivity contribution in [3.8, 4) is 0 Å². The van der Waals surface area contributed by atoms with Gasteiger partial charge in [0.25, 0.3) is 0 Å². The second-order valence-corrected chi connectivity index (χ2v) is 8.14. The fourth-order valence-corrected chi connectivity index (χ4v) is 3.60. The number of hydrogen-bond acceptors (Lipinski definition) is 2. The Labute approximate surface area is 128 Å². The van der Waals surface area contributed by atoms with Crippen LogP contribution >= 0.6 is 0 Å². The number of piperazine rings is 1. The minimum Gasteiger partial charge on any atom is -0.342 e. The van der Waals surface area contributed by atoms with Crippen molar-refractivity contribution in [1.29, 1.82) is 0 Å². The average Bonchev–Trinajstić information content (AvgIpc) is 2.85. The van der Waals surface area contributed by atoms with E-state index in [1.807, 2.05) is 25.7 Å². The lowest BCUT2D eigenvalue weighted by Gasteiger charge is -2.46. The Hall–Kier alpha value is -1.06. The Morgan fingerprint density at radius 3 is 2.24 bits per heavy atom. The van der Waals surface area contributed by atoms with E-state index < -0.39 is 6.04 Å². The van der Waals surface area contributed by atoms with E-state index in [1.165, 1.54) is 12.8 Å². The van der Waals surface area contributed by atoms with Crippen LogP contribution in [-0.4, -0.2) is 34.8 Å². The van der Waals surface area contributed by atoms with Gasteiger partial charge >= 0.3 is 0 Å². The first-order chi connectivity index (χ1) is 9.71. The molecule has 0 aromatic heterocycles. The largest absolute Gasteiger partial charge is 0.342 e. The monoisotopic (exact) mass is 294 g/mol. The summed E-state index contributed by atoms with van der Waals surface area (Å²) in [4.78, 5) is 27.5. The Balaban J connectivity index is 2.29. The Morgan fingerprint density at radius 2 is 1.76 bits per heavy atom. The third kappa shape index (κ3) is 3.41. The van der Waals surface area contributed by atoms with Gasteiger partial charge in [0.05, 0.1) is 0 Å². The van der Waals surface area contributed by atoms with E-state index in [2.05, 4.69) is 19.2 Å². The molecule has 21 heavy (non-hydrogen) atoms. The molecule has 1 saturated heterocycles. The van der Waals surface area contributed by atoms with Crippen LogP contribution in [0.1, 0.15) is 66.7 Å². The third-order valence-electron chi connectivity index (χ3n) is 4.71. The maximum Gasteiger partial charge on any atom is 0.246 e. The minimum atomic E-state index is -0.394. The molecule has 1 heterocycles. The van der Waals surface area contributed by atoms with Gasteiger partial charge in [0.2, 0.25) is 11.8 Å². The molecule has 2 atom stereocenters. The quantitative estimate of drug-likeness (QED) is 0.870. The van der Waals surface area contributed by atoms with Crippen molar-refractivity contribution in [2.75, 3.05) is 0 Å². The molecule has 1 saturated carbocycles. The number of carbonyl (C=O) groups is 2. The van der Waals surface area contributed by atoms with Crippen molar-refractivity contribution < 1.29 is 9.59 Å². The van der Waals surface area contributed by atoms with Crippen LogP contribution < -0.4 is 5.32 Å². The summed E-state index contributed by atoms with van der Waals surface area (Å²) in [7, 11) is 0. The van der Waals surface area contributed by atoms with E-state index in [0.29, 0.717) is 5.92 Å². The molecule has 0 bridgehead atoms. The van der Waals surface area contributed by atoms with Gasteiger partial charge in [-0.2, -0.15) is 0 Å². The number of nitrogens with one attached hydrogen (secondary N) is 1. The molecule has 4 nitrogen and oxygen atoms in total. The van der Waals surface area contributed by atoms with Gasteiger partial charge in [0, 0.05) is 6.04 Å². The Morgan fingerprint density at radius 1 is 1.19 bits per heavy atom. The van der Waals surface area contributed by atoms with E-state index in [-0.39, 0.29) is 29.3 Å². The lowest BCUT2D eigenvalue weighted by atomic mass is 9.82. The first-order valence-corrected chi connectivity index (χ1v) is 8.34. The Kier molecular flexibility index (Phi) is 4.64. The lowest BCUT2D eigenvalue weighted by Crippen LogP contribution is -2.68. The molecule has 0 spiro atoms. The van der Waals surface area contributed by atoms with E-state index in [1.54, 1.807) is 0 Å². The zero-order chi connectivity index (χ0) is 15.8. The van der Waals surface area contributed by atoms with E-state index in [0.717, 1.165) is 19.3 Å². The molecule has 1 aliphatic heterocycles. The average molecular weight is 294 g/mol. The molecule has 2 rings (SSSR count). The minimum absolute atomic E-state index is 0.0372. The van der Waals surface area contributed by atoms with Crippen molar-refractivity contribution in [2.24, 2.45) is 11.3 Å². The van der Waals surface area contributed by atoms with Crippen LogP contribution in [0.4, 0.5) is 0 Å². The summed E-state index contributed by atoms with van der Waals surface area (Å²) in [6.07, 6.45) is 5.19. The number of carbonyl (C=O) groups excluding carboxylic acids is 2. The molecule has 2 aliphatic rings. The maximum absolute atomic E-state index is 13.0. The second-order valence-electron chi connectivity index (χ2n) is 8.14. The topological polar surface area (TPSA) is 49.4 Å². The van der Waals surface area contributed by atoms with Crippen molar-refractivity contribution in [3.63, 3.8) is 0 Å². The Bertz CT molecular complexity index is 406. The molecule has 2 amide bonds. The summed E-state index contributed by atoms with van der Waals surface area (Å²) in [5, 5.41) is 2.98. The zero-order valence-corrected chi connectivity index (χ0v) is 14.1. The van der Waals surface area contributed by atoms with Crippen LogP contribution in [0.3, 0.4) is 0 Å². The molecule has 1 aliphatic carbocycles. The molecule has 0 radical (unpaired) electrons. The molecule has 0 aromatic rings. The van der Waals surface area contributed by atoms with E-state index >= 15 is 0 Å². The summed E-state index contributed by atoms with van der Waals surface area (Å²) in [5.41, 5.74) is -0.244. The molecule has 120 valence electrons. The van der Waals surface area contributed by atoms with Crippen LogP contribution in [0.5, 0.6) is 0 Å². The first-order valence-electron chi connectivity index (χ1n) is 8.34. The predicted molar refractivity (Wildman–Crippen MR) is 83.7 cm³/mol. The van der Waals surface area contributed by atoms with Crippen molar-refractivity contribution in [2.45, 2.75) is 84.8 Å². The van der Waals surface area contributed by atoms with Gasteiger partial charge in [-0.25, -0.2) is 0 Å². The van der Waals surface area contributed by atoms with Crippen LogP contribution in [0.25, 0.3) is 0 Å². The van der Waals surface area contributed by atoms with E-state index in [9.17, 15) is 9.59 Å². The first kappa shape index (κ1) is 16.3. The highest BCUT2D eigenvalue weighted by atomic mass is 16.2. The highest BCUT2D eigenvalue weighted by Crippen LogP contribution is 2.33. The summed E-state index contributed by atoms with van der Waals surface area (Å²) >= 11 is 0.